The molecule has 0 aliphatic carbocycles. The van der Waals surface area contributed by atoms with E-state index in [1.54, 1.807) is 12.1 Å². The minimum Gasteiger partial charge on any atom is -0.480 e. The van der Waals surface area contributed by atoms with Gasteiger partial charge in [-0.2, -0.15) is 0 Å². The van der Waals surface area contributed by atoms with Crippen LogP contribution in [0, 0.1) is 0 Å². The number of amides is 2. The summed E-state index contributed by atoms with van der Waals surface area (Å²) < 4.78 is 0. The fraction of sp³-hybridized carbons (Fsp3) is 0.429. The molecule has 5 nitrogen and oxygen atoms in total. The zero-order valence-electron chi connectivity index (χ0n) is 11.2. The number of urea groups is 1. The Morgan fingerprint density at radius 3 is 2.90 bits per heavy atom. The second-order valence-electron chi connectivity index (χ2n) is 4.92. The second-order valence-corrected chi connectivity index (χ2v) is 5.35. The third kappa shape index (κ3) is 3.22. The summed E-state index contributed by atoms with van der Waals surface area (Å²) in [5.74, 6) is -0.951. The first-order valence-electron chi connectivity index (χ1n) is 6.54. The van der Waals surface area contributed by atoms with Gasteiger partial charge in [0.25, 0.3) is 0 Å². The molecule has 1 saturated heterocycles. The van der Waals surface area contributed by atoms with Crippen LogP contribution in [0.2, 0.25) is 5.02 Å². The molecule has 2 rings (SSSR count). The van der Waals surface area contributed by atoms with Crippen LogP contribution in [0.3, 0.4) is 0 Å². The largest absolute Gasteiger partial charge is 0.480 e. The Kier molecular flexibility index (Phi) is 4.49. The van der Waals surface area contributed by atoms with Crippen molar-refractivity contribution in [3.63, 3.8) is 0 Å². The van der Waals surface area contributed by atoms with Crippen LogP contribution in [0.25, 0.3) is 0 Å². The number of halogens is 1. The summed E-state index contributed by atoms with van der Waals surface area (Å²) >= 11 is 5.92. The predicted octanol–water partition coefficient (Wildman–Crippen LogP) is 2.66. The molecule has 2 N–H and O–H groups in total. The molecule has 0 aromatic heterocycles. The van der Waals surface area contributed by atoms with E-state index in [-0.39, 0.29) is 12.1 Å². The highest BCUT2D eigenvalue weighted by Gasteiger charge is 2.34. The lowest BCUT2D eigenvalue weighted by atomic mass is 10.1. The van der Waals surface area contributed by atoms with Gasteiger partial charge < -0.3 is 15.3 Å². The van der Waals surface area contributed by atoms with Gasteiger partial charge in [-0.25, -0.2) is 9.59 Å². The second kappa shape index (κ2) is 6.13. The number of nitrogens with one attached hydrogen (secondary N) is 1. The monoisotopic (exact) mass is 296 g/mol. The zero-order chi connectivity index (χ0) is 14.7. The van der Waals surface area contributed by atoms with Gasteiger partial charge in [-0.05, 0) is 37.5 Å². The van der Waals surface area contributed by atoms with Crippen molar-refractivity contribution in [2.75, 3.05) is 6.54 Å². The highest BCUT2D eigenvalue weighted by atomic mass is 35.5. The lowest BCUT2D eigenvalue weighted by Gasteiger charge is -2.24. The lowest BCUT2D eigenvalue weighted by molar-refractivity contribution is -0.141. The van der Waals surface area contributed by atoms with Gasteiger partial charge in [0.15, 0.2) is 0 Å². The Hall–Kier alpha value is -1.75. The SMILES string of the molecule is CC(NC(=O)N1CCC[C@@H]1C(=O)O)c1cccc(Cl)c1. The fourth-order valence-electron chi connectivity index (χ4n) is 2.39. The van der Waals surface area contributed by atoms with E-state index in [1.807, 2.05) is 19.1 Å². The Labute approximate surface area is 122 Å². The van der Waals surface area contributed by atoms with E-state index in [1.165, 1.54) is 4.90 Å². The van der Waals surface area contributed by atoms with Gasteiger partial charge in [-0.15, -0.1) is 0 Å². The molecule has 1 aromatic carbocycles. The van der Waals surface area contributed by atoms with Crippen molar-refractivity contribution in [3.8, 4) is 0 Å². The summed E-state index contributed by atoms with van der Waals surface area (Å²) in [7, 11) is 0. The molecule has 108 valence electrons. The molecule has 20 heavy (non-hydrogen) atoms. The summed E-state index contributed by atoms with van der Waals surface area (Å²) in [6.07, 6.45) is 1.23. The van der Waals surface area contributed by atoms with E-state index in [0.717, 1.165) is 12.0 Å². The van der Waals surface area contributed by atoms with Gasteiger partial charge in [0, 0.05) is 11.6 Å². The highest BCUT2D eigenvalue weighted by molar-refractivity contribution is 6.30. The van der Waals surface area contributed by atoms with E-state index in [4.69, 9.17) is 16.7 Å². The number of hydrogen-bond acceptors (Lipinski definition) is 2. The molecular formula is C14H17ClN2O3. The molecule has 1 aliphatic rings. The maximum absolute atomic E-state index is 12.1. The lowest BCUT2D eigenvalue weighted by Crippen LogP contribution is -2.46. The minimum absolute atomic E-state index is 0.226. The van der Waals surface area contributed by atoms with Crippen LogP contribution in [0.5, 0.6) is 0 Å². The van der Waals surface area contributed by atoms with Gasteiger partial charge in [0.05, 0.1) is 6.04 Å². The van der Waals surface area contributed by atoms with Gasteiger partial charge >= 0.3 is 12.0 Å². The first kappa shape index (κ1) is 14.7. The van der Waals surface area contributed by atoms with Crippen LogP contribution >= 0.6 is 11.6 Å². The summed E-state index contributed by atoms with van der Waals surface area (Å²) in [4.78, 5) is 24.6. The van der Waals surface area contributed by atoms with Crippen LogP contribution < -0.4 is 5.32 Å². The number of carboxylic acids is 1. The number of hydrogen-bond donors (Lipinski definition) is 2. The van der Waals surface area contributed by atoms with Crippen LogP contribution in [0.4, 0.5) is 4.79 Å². The first-order valence-corrected chi connectivity index (χ1v) is 6.92. The molecule has 1 unspecified atom stereocenters. The van der Waals surface area contributed by atoms with E-state index in [0.29, 0.717) is 18.0 Å². The number of carbonyl (C=O) groups excluding carboxylic acids is 1. The molecule has 2 atom stereocenters. The third-order valence-electron chi connectivity index (χ3n) is 3.49. The first-order chi connectivity index (χ1) is 9.49. The topological polar surface area (TPSA) is 69.6 Å². The number of carboxylic acid groups (broad SMARTS) is 1. The minimum atomic E-state index is -0.951. The van der Waals surface area contributed by atoms with Crippen molar-refractivity contribution in [1.82, 2.24) is 10.2 Å². The highest BCUT2D eigenvalue weighted by Crippen LogP contribution is 2.20. The van der Waals surface area contributed by atoms with Gasteiger partial charge in [0.1, 0.15) is 6.04 Å². The molecule has 1 aliphatic heterocycles. The van der Waals surface area contributed by atoms with Crippen molar-refractivity contribution in [3.05, 3.63) is 34.9 Å². The average molecular weight is 297 g/mol. The van der Waals surface area contributed by atoms with E-state index in [2.05, 4.69) is 5.32 Å². The van der Waals surface area contributed by atoms with Crippen LogP contribution in [-0.2, 0) is 4.79 Å². The normalized spacial score (nSPS) is 19.7. The molecule has 0 spiro atoms. The Bertz CT molecular complexity index is 521. The maximum Gasteiger partial charge on any atom is 0.326 e. The Morgan fingerprint density at radius 2 is 2.25 bits per heavy atom. The van der Waals surface area contributed by atoms with Gasteiger partial charge in [-0.1, -0.05) is 23.7 Å². The summed E-state index contributed by atoms with van der Waals surface area (Å²) in [6, 6.07) is 5.94. The number of nitrogens with zero attached hydrogens (tertiary/aromatic N) is 1. The van der Waals surface area contributed by atoms with E-state index < -0.39 is 12.0 Å². The van der Waals surface area contributed by atoms with Crippen molar-refractivity contribution in [2.45, 2.75) is 31.8 Å². The number of aliphatic carboxylic acids is 1. The van der Waals surface area contributed by atoms with E-state index in [9.17, 15) is 9.59 Å². The quantitative estimate of drug-likeness (QED) is 0.901. The van der Waals surface area contributed by atoms with Crippen LogP contribution in [0.15, 0.2) is 24.3 Å². The molecule has 1 fully saturated rings. The number of carbonyl (C=O) groups is 2. The summed E-state index contributed by atoms with van der Waals surface area (Å²) in [6.45, 7) is 2.32. The molecule has 2 amide bonds. The van der Waals surface area contributed by atoms with Crippen LogP contribution in [0.1, 0.15) is 31.4 Å². The Balaban J connectivity index is 2.02. The standard InChI is InChI=1S/C14H17ClN2O3/c1-9(10-4-2-5-11(15)8-10)16-14(20)17-7-3-6-12(17)13(18)19/h2,4-5,8-9,12H,3,6-7H2,1H3,(H,16,20)(H,18,19)/t9?,12-/m1/s1. The molecule has 0 radical (unpaired) electrons. The molecule has 6 heteroatoms. The predicted molar refractivity (Wildman–Crippen MR) is 75.8 cm³/mol. The van der Waals surface area contributed by atoms with Crippen molar-refractivity contribution >= 4 is 23.6 Å². The van der Waals surface area contributed by atoms with Crippen molar-refractivity contribution in [2.24, 2.45) is 0 Å². The molecular weight excluding hydrogens is 280 g/mol. The van der Waals surface area contributed by atoms with Crippen molar-refractivity contribution < 1.29 is 14.7 Å². The molecule has 0 saturated carbocycles. The van der Waals surface area contributed by atoms with Gasteiger partial charge in [-0.3, -0.25) is 0 Å². The van der Waals surface area contributed by atoms with E-state index >= 15 is 0 Å². The smallest absolute Gasteiger partial charge is 0.326 e. The summed E-state index contributed by atoms with van der Waals surface area (Å²) in [5.41, 5.74) is 0.886. The zero-order valence-corrected chi connectivity index (χ0v) is 11.9. The van der Waals surface area contributed by atoms with Crippen molar-refractivity contribution in [1.29, 1.82) is 0 Å². The van der Waals surface area contributed by atoms with Gasteiger partial charge in [0.2, 0.25) is 0 Å². The van der Waals surface area contributed by atoms with Crippen LogP contribution in [-0.4, -0.2) is 34.6 Å². The molecule has 1 aromatic rings. The fourth-order valence-corrected chi connectivity index (χ4v) is 2.59. The number of likely N-dealkylation sites (tertiary alicyclic amines) is 1. The maximum atomic E-state index is 12.1. The average Bonchev–Trinajstić information content (AvgIpc) is 2.88. The number of benzene rings is 1. The summed E-state index contributed by atoms with van der Waals surface area (Å²) in [5, 5.41) is 12.5. The molecule has 0 bridgehead atoms. The Morgan fingerprint density at radius 1 is 1.50 bits per heavy atom. The molecule has 1 heterocycles. The third-order valence-corrected chi connectivity index (χ3v) is 3.72. The number of rotatable bonds is 3.